The molecule has 0 aromatic rings. The van der Waals surface area contributed by atoms with E-state index in [2.05, 4.69) is 16.9 Å². The molecular weight excluding hydrogens is 192 g/mol. The summed E-state index contributed by atoms with van der Waals surface area (Å²) in [6.07, 6.45) is 6.11. The lowest BCUT2D eigenvalue weighted by atomic mass is 10.0. The van der Waals surface area contributed by atoms with E-state index in [1.807, 2.05) is 0 Å². The lowest BCUT2D eigenvalue weighted by molar-refractivity contribution is -0.118. The van der Waals surface area contributed by atoms with E-state index in [0.717, 1.165) is 38.5 Å². The van der Waals surface area contributed by atoms with Crippen LogP contribution in [0.1, 0.15) is 51.9 Å². The van der Waals surface area contributed by atoms with Crippen molar-refractivity contribution in [1.29, 1.82) is 0 Å². The molecule has 0 saturated carbocycles. The minimum absolute atomic E-state index is 0.0860. The second kappa shape index (κ2) is 9.34. The van der Waals surface area contributed by atoms with E-state index < -0.39 is 0 Å². The van der Waals surface area contributed by atoms with Crippen molar-refractivity contribution in [3.63, 3.8) is 0 Å². The summed E-state index contributed by atoms with van der Waals surface area (Å²) in [5, 5.41) is 3.74. The van der Waals surface area contributed by atoms with Gasteiger partial charge in [-0.3, -0.25) is 4.79 Å². The van der Waals surface area contributed by atoms with Crippen molar-refractivity contribution in [1.82, 2.24) is 0 Å². The lowest BCUT2D eigenvalue weighted by Gasteiger charge is -2.09. The summed E-state index contributed by atoms with van der Waals surface area (Å²) in [6.45, 7) is 2.11. The summed E-state index contributed by atoms with van der Waals surface area (Å²) in [7, 11) is 0. The van der Waals surface area contributed by atoms with Crippen molar-refractivity contribution in [3.8, 4) is 0 Å². The number of carbonyl (C=O) groups is 1. The minimum Gasteiger partial charge on any atom is -0.370 e. The Kier molecular flexibility index (Phi) is 8.58. The van der Waals surface area contributed by atoms with Crippen molar-refractivity contribution in [3.05, 3.63) is 10.4 Å². The van der Waals surface area contributed by atoms with E-state index in [4.69, 9.17) is 11.3 Å². The fourth-order valence-corrected chi connectivity index (χ4v) is 1.45. The Balaban J connectivity index is 3.65. The van der Waals surface area contributed by atoms with E-state index in [1.54, 1.807) is 0 Å². The molecule has 1 amide bonds. The Labute approximate surface area is 90.7 Å². The third-order valence-corrected chi connectivity index (χ3v) is 2.32. The highest BCUT2D eigenvalue weighted by Crippen LogP contribution is 2.13. The molecule has 0 heterocycles. The van der Waals surface area contributed by atoms with Crippen molar-refractivity contribution < 1.29 is 4.79 Å². The Morgan fingerprint density at radius 2 is 2.07 bits per heavy atom. The van der Waals surface area contributed by atoms with Crippen LogP contribution in [-0.4, -0.2) is 11.9 Å². The predicted molar refractivity (Wildman–Crippen MR) is 60.1 cm³/mol. The standard InChI is InChI=1S/C10H20N4O/c1-2-3-6-9(13-14-12)7-4-5-8-10(11)15/h9H,2-8H2,1H3,(H2,11,15). The van der Waals surface area contributed by atoms with Gasteiger partial charge < -0.3 is 5.73 Å². The maximum Gasteiger partial charge on any atom is 0.217 e. The van der Waals surface area contributed by atoms with E-state index in [9.17, 15) is 4.79 Å². The first-order chi connectivity index (χ1) is 7.20. The number of nitrogens with two attached hydrogens (primary N) is 1. The summed E-state index contributed by atoms with van der Waals surface area (Å²) in [5.74, 6) is -0.260. The van der Waals surface area contributed by atoms with E-state index in [0.29, 0.717) is 6.42 Å². The van der Waals surface area contributed by atoms with Crippen LogP contribution in [0, 0.1) is 0 Å². The van der Waals surface area contributed by atoms with Crippen LogP contribution in [0.5, 0.6) is 0 Å². The lowest BCUT2D eigenvalue weighted by Crippen LogP contribution is -2.10. The van der Waals surface area contributed by atoms with Gasteiger partial charge in [-0.1, -0.05) is 31.3 Å². The SMILES string of the molecule is CCCCC(CCCCC(N)=O)N=[N+]=[N-]. The second-order valence-corrected chi connectivity index (χ2v) is 3.71. The number of azide groups is 1. The molecule has 15 heavy (non-hydrogen) atoms. The molecule has 0 fully saturated rings. The number of amides is 1. The van der Waals surface area contributed by atoms with Gasteiger partial charge in [0.1, 0.15) is 0 Å². The molecule has 86 valence electrons. The maximum atomic E-state index is 10.5. The Morgan fingerprint density at radius 3 is 2.60 bits per heavy atom. The van der Waals surface area contributed by atoms with Gasteiger partial charge in [0.2, 0.25) is 5.91 Å². The average Bonchev–Trinajstić information content (AvgIpc) is 2.20. The van der Waals surface area contributed by atoms with Crippen LogP contribution in [0.3, 0.4) is 0 Å². The largest absolute Gasteiger partial charge is 0.370 e. The van der Waals surface area contributed by atoms with Crippen LogP contribution < -0.4 is 5.73 Å². The summed E-state index contributed by atoms with van der Waals surface area (Å²) in [6, 6.07) is 0.0860. The van der Waals surface area contributed by atoms with E-state index in [-0.39, 0.29) is 11.9 Å². The highest BCUT2D eigenvalue weighted by molar-refractivity contribution is 5.73. The third kappa shape index (κ3) is 9.09. The number of carbonyl (C=O) groups excluding carboxylic acids is 1. The maximum absolute atomic E-state index is 10.5. The quantitative estimate of drug-likeness (QED) is 0.270. The van der Waals surface area contributed by atoms with Gasteiger partial charge in [-0.15, -0.1) is 0 Å². The molecule has 0 aliphatic rings. The average molecular weight is 212 g/mol. The normalized spacial score (nSPS) is 11.8. The molecule has 0 rings (SSSR count). The molecular formula is C10H20N4O. The van der Waals surface area contributed by atoms with Crippen molar-refractivity contribution in [2.45, 2.75) is 57.9 Å². The molecule has 0 aromatic heterocycles. The number of hydrogen-bond donors (Lipinski definition) is 1. The van der Waals surface area contributed by atoms with Gasteiger partial charge >= 0.3 is 0 Å². The summed E-state index contributed by atoms with van der Waals surface area (Å²) < 4.78 is 0. The van der Waals surface area contributed by atoms with Gasteiger partial charge in [0.05, 0.1) is 0 Å². The minimum atomic E-state index is -0.260. The number of nitrogens with zero attached hydrogens (tertiary/aromatic N) is 3. The first-order valence-corrected chi connectivity index (χ1v) is 5.53. The molecule has 0 aliphatic carbocycles. The topological polar surface area (TPSA) is 91.9 Å². The molecule has 0 bridgehead atoms. The fraction of sp³-hybridized carbons (Fsp3) is 0.900. The smallest absolute Gasteiger partial charge is 0.217 e. The molecule has 0 radical (unpaired) electrons. The van der Waals surface area contributed by atoms with Crippen molar-refractivity contribution in [2.24, 2.45) is 10.8 Å². The van der Waals surface area contributed by atoms with Crippen LogP contribution >= 0.6 is 0 Å². The van der Waals surface area contributed by atoms with Crippen LogP contribution in [0.25, 0.3) is 10.4 Å². The molecule has 0 aliphatic heterocycles. The molecule has 1 atom stereocenters. The number of hydrogen-bond acceptors (Lipinski definition) is 2. The molecule has 2 N–H and O–H groups in total. The Morgan fingerprint density at radius 1 is 1.40 bits per heavy atom. The van der Waals surface area contributed by atoms with Crippen LogP contribution in [-0.2, 0) is 4.79 Å². The third-order valence-electron chi connectivity index (χ3n) is 2.32. The fourth-order valence-electron chi connectivity index (χ4n) is 1.45. The van der Waals surface area contributed by atoms with Crippen LogP contribution in [0.2, 0.25) is 0 Å². The number of primary amides is 1. The molecule has 1 unspecified atom stereocenters. The zero-order valence-electron chi connectivity index (χ0n) is 9.35. The molecule has 5 nitrogen and oxygen atoms in total. The van der Waals surface area contributed by atoms with E-state index >= 15 is 0 Å². The number of rotatable bonds is 9. The molecule has 0 saturated heterocycles. The highest BCUT2D eigenvalue weighted by Gasteiger charge is 2.05. The molecule has 0 spiro atoms. The summed E-state index contributed by atoms with van der Waals surface area (Å²) >= 11 is 0. The first-order valence-electron chi connectivity index (χ1n) is 5.53. The van der Waals surface area contributed by atoms with Crippen molar-refractivity contribution in [2.75, 3.05) is 0 Å². The highest BCUT2D eigenvalue weighted by atomic mass is 16.1. The van der Waals surface area contributed by atoms with Crippen LogP contribution in [0.15, 0.2) is 5.11 Å². The van der Waals surface area contributed by atoms with Gasteiger partial charge in [0.25, 0.3) is 0 Å². The Bertz CT molecular complexity index is 223. The van der Waals surface area contributed by atoms with Gasteiger partial charge in [0.15, 0.2) is 0 Å². The van der Waals surface area contributed by atoms with Crippen molar-refractivity contribution >= 4 is 5.91 Å². The van der Waals surface area contributed by atoms with Gasteiger partial charge in [-0.05, 0) is 24.8 Å². The Hall–Kier alpha value is -1.22. The molecule has 5 heteroatoms. The summed E-state index contributed by atoms with van der Waals surface area (Å²) in [5.41, 5.74) is 13.4. The zero-order valence-corrected chi connectivity index (χ0v) is 9.35. The summed E-state index contributed by atoms with van der Waals surface area (Å²) in [4.78, 5) is 13.3. The number of unbranched alkanes of at least 4 members (excludes halogenated alkanes) is 2. The zero-order chi connectivity index (χ0) is 11.5. The van der Waals surface area contributed by atoms with Gasteiger partial charge in [-0.2, -0.15) is 0 Å². The van der Waals surface area contributed by atoms with Gasteiger partial charge in [0, 0.05) is 17.4 Å². The van der Waals surface area contributed by atoms with Gasteiger partial charge in [-0.25, -0.2) is 0 Å². The second-order valence-electron chi connectivity index (χ2n) is 3.71. The molecule has 0 aromatic carbocycles. The predicted octanol–water partition coefficient (Wildman–Crippen LogP) is 2.90. The first kappa shape index (κ1) is 13.8. The monoisotopic (exact) mass is 212 g/mol. The van der Waals surface area contributed by atoms with Crippen LogP contribution in [0.4, 0.5) is 0 Å². The van der Waals surface area contributed by atoms with E-state index in [1.165, 1.54) is 0 Å².